The van der Waals surface area contributed by atoms with E-state index in [4.69, 9.17) is 9.47 Å². The number of hydrogen-bond acceptors (Lipinski definition) is 6. The van der Waals surface area contributed by atoms with E-state index in [1.807, 2.05) is 31.2 Å². The number of rotatable bonds is 18. The van der Waals surface area contributed by atoms with Crippen LogP contribution in [0.5, 0.6) is 11.5 Å². The van der Waals surface area contributed by atoms with Crippen molar-refractivity contribution in [1.29, 1.82) is 0 Å². The standard InChI is InChI=1S/C32H42N2O3S/c1-3-4-5-6-7-8-9-10-11-12-13-14-23-36-29-21-17-28(18-22-29)31(35)37-30-19-15-27(16-20-30)25-34-32-33-24-26(2)38-32/h15-22,24-25H,3-14,23H2,1-2H3/b34-25+. The zero-order chi connectivity index (χ0) is 26.8. The number of unbranched alkanes of at least 4 members (excludes halogenated alkanes) is 11. The molecule has 0 fully saturated rings. The molecule has 3 aromatic rings. The van der Waals surface area contributed by atoms with Gasteiger partial charge < -0.3 is 9.47 Å². The molecular formula is C32H42N2O3S. The molecule has 1 heterocycles. The van der Waals surface area contributed by atoms with Crippen LogP contribution in [-0.4, -0.2) is 23.8 Å². The van der Waals surface area contributed by atoms with Crippen LogP contribution < -0.4 is 9.47 Å². The summed E-state index contributed by atoms with van der Waals surface area (Å²) in [6, 6.07) is 14.4. The predicted molar refractivity (Wildman–Crippen MR) is 159 cm³/mol. The van der Waals surface area contributed by atoms with Crippen LogP contribution in [0.15, 0.2) is 59.7 Å². The van der Waals surface area contributed by atoms with Gasteiger partial charge in [-0.3, -0.25) is 0 Å². The van der Waals surface area contributed by atoms with E-state index in [1.54, 1.807) is 48.0 Å². The Kier molecular flexibility index (Phi) is 13.6. The van der Waals surface area contributed by atoms with Crippen LogP contribution in [0, 0.1) is 6.92 Å². The topological polar surface area (TPSA) is 60.8 Å². The largest absolute Gasteiger partial charge is 0.494 e. The van der Waals surface area contributed by atoms with E-state index in [-0.39, 0.29) is 0 Å². The van der Waals surface area contributed by atoms with E-state index in [2.05, 4.69) is 16.9 Å². The molecule has 0 aliphatic carbocycles. The first kappa shape index (κ1) is 29.6. The van der Waals surface area contributed by atoms with Crippen molar-refractivity contribution in [3.05, 3.63) is 70.7 Å². The average Bonchev–Trinajstić information content (AvgIpc) is 3.36. The number of thiazole rings is 1. The second-order valence-corrected chi connectivity index (χ2v) is 10.9. The molecule has 1 aromatic heterocycles. The molecule has 0 N–H and O–H groups in total. The Morgan fingerprint density at radius 3 is 1.97 bits per heavy atom. The molecule has 0 atom stereocenters. The van der Waals surface area contributed by atoms with Crippen LogP contribution in [0.2, 0.25) is 0 Å². The minimum atomic E-state index is -0.391. The highest BCUT2D eigenvalue weighted by atomic mass is 32.1. The Hall–Kier alpha value is -2.99. The fourth-order valence-electron chi connectivity index (χ4n) is 4.14. The first-order chi connectivity index (χ1) is 18.6. The average molecular weight is 535 g/mol. The van der Waals surface area contributed by atoms with Crippen molar-refractivity contribution in [2.24, 2.45) is 4.99 Å². The molecule has 5 nitrogen and oxygen atoms in total. The third-order valence-electron chi connectivity index (χ3n) is 6.38. The van der Waals surface area contributed by atoms with E-state index < -0.39 is 5.97 Å². The molecule has 0 saturated heterocycles. The highest BCUT2D eigenvalue weighted by molar-refractivity contribution is 7.15. The van der Waals surface area contributed by atoms with Crippen LogP contribution in [0.3, 0.4) is 0 Å². The number of hydrogen-bond donors (Lipinski definition) is 0. The summed E-state index contributed by atoms with van der Waals surface area (Å²) in [5.74, 6) is 0.880. The van der Waals surface area contributed by atoms with Crippen molar-refractivity contribution in [2.45, 2.75) is 90.9 Å². The maximum absolute atomic E-state index is 12.5. The summed E-state index contributed by atoms with van der Waals surface area (Å²) in [6.45, 7) is 4.98. The molecule has 0 saturated carbocycles. The lowest BCUT2D eigenvalue weighted by atomic mass is 10.1. The number of ether oxygens (including phenoxy) is 2. The Labute approximate surface area is 232 Å². The van der Waals surface area contributed by atoms with Gasteiger partial charge in [-0.2, -0.15) is 0 Å². The summed E-state index contributed by atoms with van der Waals surface area (Å²) in [7, 11) is 0. The number of carbonyl (C=O) groups is 1. The van der Waals surface area contributed by atoms with E-state index in [1.165, 1.54) is 70.6 Å². The number of carbonyl (C=O) groups excluding carboxylic acids is 1. The SMILES string of the molecule is CCCCCCCCCCCCCCOc1ccc(C(=O)Oc2ccc(/C=N/c3ncc(C)s3)cc2)cc1. The number of benzene rings is 2. The normalized spacial score (nSPS) is 11.2. The number of esters is 1. The molecule has 0 aliphatic rings. The van der Waals surface area contributed by atoms with Crippen molar-refractivity contribution in [2.75, 3.05) is 6.61 Å². The Bertz CT molecular complexity index is 1090. The smallest absolute Gasteiger partial charge is 0.343 e. The Morgan fingerprint density at radius 2 is 1.39 bits per heavy atom. The Balaban J connectivity index is 1.27. The molecule has 0 amide bonds. The zero-order valence-corrected chi connectivity index (χ0v) is 23.8. The lowest BCUT2D eigenvalue weighted by molar-refractivity contribution is 0.0734. The predicted octanol–water partition coefficient (Wildman–Crippen LogP) is 9.50. The molecular weight excluding hydrogens is 492 g/mol. The van der Waals surface area contributed by atoms with Crippen LogP contribution in [0.1, 0.15) is 105 Å². The van der Waals surface area contributed by atoms with Crippen molar-refractivity contribution in [3.63, 3.8) is 0 Å². The van der Waals surface area contributed by atoms with E-state index in [0.29, 0.717) is 17.9 Å². The summed E-state index contributed by atoms with van der Waals surface area (Å²) >= 11 is 1.54. The Morgan fingerprint density at radius 1 is 0.816 bits per heavy atom. The van der Waals surface area contributed by atoms with Gasteiger partial charge in [0, 0.05) is 17.3 Å². The van der Waals surface area contributed by atoms with E-state index >= 15 is 0 Å². The molecule has 0 spiro atoms. The van der Waals surface area contributed by atoms with Gasteiger partial charge in [0.25, 0.3) is 0 Å². The highest BCUT2D eigenvalue weighted by Gasteiger charge is 2.09. The van der Waals surface area contributed by atoms with Crippen LogP contribution in [0.25, 0.3) is 0 Å². The summed E-state index contributed by atoms with van der Waals surface area (Å²) < 4.78 is 11.4. The van der Waals surface area contributed by atoms with E-state index in [0.717, 1.165) is 27.7 Å². The van der Waals surface area contributed by atoms with Gasteiger partial charge in [0.15, 0.2) is 0 Å². The fourth-order valence-corrected chi connectivity index (χ4v) is 4.74. The van der Waals surface area contributed by atoms with Gasteiger partial charge in [0.2, 0.25) is 5.13 Å². The van der Waals surface area contributed by atoms with Crippen molar-refractivity contribution < 1.29 is 14.3 Å². The van der Waals surface area contributed by atoms with Crippen molar-refractivity contribution >= 4 is 28.7 Å². The van der Waals surface area contributed by atoms with Gasteiger partial charge in [-0.1, -0.05) is 77.6 Å². The van der Waals surface area contributed by atoms with Gasteiger partial charge in [-0.05, 0) is 67.4 Å². The van der Waals surface area contributed by atoms with Crippen LogP contribution >= 0.6 is 11.3 Å². The summed E-state index contributed by atoms with van der Waals surface area (Å²) in [6.07, 6.45) is 19.5. The molecule has 0 unspecified atom stereocenters. The molecule has 0 aliphatic heterocycles. The molecule has 2 aromatic carbocycles. The molecule has 0 radical (unpaired) electrons. The van der Waals surface area contributed by atoms with Gasteiger partial charge in [-0.15, -0.1) is 11.3 Å². The van der Waals surface area contributed by atoms with Gasteiger partial charge in [-0.25, -0.2) is 14.8 Å². The lowest BCUT2D eigenvalue weighted by Gasteiger charge is -2.08. The molecule has 0 bridgehead atoms. The second-order valence-electron chi connectivity index (χ2n) is 9.73. The number of aromatic nitrogens is 1. The quantitative estimate of drug-likeness (QED) is 0.0705. The zero-order valence-electron chi connectivity index (χ0n) is 23.0. The number of nitrogens with zero attached hydrogens (tertiary/aromatic N) is 2. The van der Waals surface area contributed by atoms with Crippen LogP contribution in [0.4, 0.5) is 5.13 Å². The first-order valence-electron chi connectivity index (χ1n) is 14.2. The van der Waals surface area contributed by atoms with Gasteiger partial charge >= 0.3 is 5.97 Å². The maximum atomic E-state index is 12.5. The number of aliphatic imine (C=N–C) groups is 1. The molecule has 204 valence electrons. The minimum absolute atomic E-state index is 0.391. The van der Waals surface area contributed by atoms with Gasteiger partial charge in [0.05, 0.1) is 12.2 Å². The molecule has 3 rings (SSSR count). The maximum Gasteiger partial charge on any atom is 0.343 e. The monoisotopic (exact) mass is 534 g/mol. The molecule has 6 heteroatoms. The first-order valence-corrected chi connectivity index (χ1v) is 15.0. The van der Waals surface area contributed by atoms with Crippen molar-refractivity contribution in [3.8, 4) is 11.5 Å². The fraction of sp³-hybridized carbons (Fsp3) is 0.469. The summed E-state index contributed by atoms with van der Waals surface area (Å²) in [5, 5.41) is 0.722. The third kappa shape index (κ3) is 11.6. The van der Waals surface area contributed by atoms with E-state index in [9.17, 15) is 4.79 Å². The third-order valence-corrected chi connectivity index (χ3v) is 7.20. The second kappa shape index (κ2) is 17.5. The minimum Gasteiger partial charge on any atom is -0.494 e. The highest BCUT2D eigenvalue weighted by Crippen LogP contribution is 2.21. The van der Waals surface area contributed by atoms with Gasteiger partial charge in [0.1, 0.15) is 11.5 Å². The van der Waals surface area contributed by atoms with Crippen molar-refractivity contribution in [1.82, 2.24) is 4.98 Å². The molecule has 38 heavy (non-hydrogen) atoms. The summed E-state index contributed by atoms with van der Waals surface area (Å²) in [5.41, 5.74) is 1.40. The van der Waals surface area contributed by atoms with Crippen LogP contribution in [-0.2, 0) is 0 Å². The number of aryl methyl sites for hydroxylation is 1. The summed E-state index contributed by atoms with van der Waals surface area (Å²) in [4.78, 5) is 22.2. The lowest BCUT2D eigenvalue weighted by Crippen LogP contribution is -2.08.